The van der Waals surface area contributed by atoms with Gasteiger partial charge in [0.05, 0.1) is 6.54 Å². The van der Waals surface area contributed by atoms with Crippen molar-refractivity contribution < 1.29 is 9.90 Å². The summed E-state index contributed by atoms with van der Waals surface area (Å²) in [7, 11) is 0. The Morgan fingerprint density at radius 1 is 1.41 bits per heavy atom. The molecular weight excluding hydrogens is 216 g/mol. The van der Waals surface area contributed by atoms with Crippen molar-refractivity contribution in [3.63, 3.8) is 0 Å². The number of aliphatic carboxylic acids is 1. The molecule has 1 N–H and O–H groups in total. The number of carboxylic acid groups (broad SMARTS) is 1. The fourth-order valence-corrected chi connectivity index (χ4v) is 2.62. The molecule has 1 heterocycles. The summed E-state index contributed by atoms with van der Waals surface area (Å²) in [6, 6.07) is 0. The van der Waals surface area contributed by atoms with E-state index >= 15 is 0 Å². The summed E-state index contributed by atoms with van der Waals surface area (Å²) in [5.41, 5.74) is 0.304. The molecule has 4 heteroatoms. The van der Waals surface area contributed by atoms with Crippen molar-refractivity contribution in [2.75, 3.05) is 39.3 Å². The summed E-state index contributed by atoms with van der Waals surface area (Å²) in [6.07, 6.45) is 2.30. The SMILES string of the molecule is CCN(CC)CCC1(C)CCN(CC(=O)O)C1. The van der Waals surface area contributed by atoms with Crippen LogP contribution in [0.3, 0.4) is 0 Å². The van der Waals surface area contributed by atoms with Crippen LogP contribution in [0.15, 0.2) is 0 Å². The molecule has 0 saturated carbocycles. The lowest BCUT2D eigenvalue weighted by Gasteiger charge is -2.28. The first-order chi connectivity index (χ1) is 7.99. The van der Waals surface area contributed by atoms with Crippen molar-refractivity contribution in [3.05, 3.63) is 0 Å². The first kappa shape index (κ1) is 14.5. The van der Waals surface area contributed by atoms with Gasteiger partial charge in [-0.3, -0.25) is 9.69 Å². The average Bonchev–Trinajstić information content (AvgIpc) is 2.61. The summed E-state index contributed by atoms with van der Waals surface area (Å²) in [5, 5.41) is 8.79. The molecule has 1 fully saturated rings. The van der Waals surface area contributed by atoms with Crippen molar-refractivity contribution in [1.29, 1.82) is 0 Å². The number of nitrogens with zero attached hydrogens (tertiary/aromatic N) is 2. The molecule has 1 rings (SSSR count). The van der Waals surface area contributed by atoms with Crippen molar-refractivity contribution in [2.24, 2.45) is 5.41 Å². The van der Waals surface area contributed by atoms with Gasteiger partial charge in [-0.05, 0) is 44.4 Å². The molecule has 1 aliphatic rings. The summed E-state index contributed by atoms with van der Waals surface area (Å²) < 4.78 is 0. The Balaban J connectivity index is 2.35. The van der Waals surface area contributed by atoms with E-state index in [1.54, 1.807) is 0 Å². The first-order valence-corrected chi connectivity index (χ1v) is 6.65. The Morgan fingerprint density at radius 2 is 2.06 bits per heavy atom. The van der Waals surface area contributed by atoms with Crippen molar-refractivity contribution >= 4 is 5.97 Å². The van der Waals surface area contributed by atoms with E-state index in [9.17, 15) is 4.79 Å². The highest BCUT2D eigenvalue weighted by molar-refractivity contribution is 5.69. The highest BCUT2D eigenvalue weighted by atomic mass is 16.4. The van der Waals surface area contributed by atoms with Crippen LogP contribution in [-0.2, 0) is 4.79 Å². The fourth-order valence-electron chi connectivity index (χ4n) is 2.62. The maximum atomic E-state index is 10.7. The number of hydrogen-bond acceptors (Lipinski definition) is 3. The molecule has 0 aromatic rings. The van der Waals surface area contributed by atoms with Crippen LogP contribution in [0.4, 0.5) is 0 Å². The predicted octanol–water partition coefficient (Wildman–Crippen LogP) is 1.51. The first-order valence-electron chi connectivity index (χ1n) is 6.65. The second-order valence-corrected chi connectivity index (χ2v) is 5.44. The van der Waals surface area contributed by atoms with Crippen molar-refractivity contribution in [3.8, 4) is 0 Å². The smallest absolute Gasteiger partial charge is 0.317 e. The summed E-state index contributed by atoms with van der Waals surface area (Å²) >= 11 is 0. The van der Waals surface area contributed by atoms with E-state index in [0.717, 1.165) is 39.1 Å². The third kappa shape index (κ3) is 4.64. The van der Waals surface area contributed by atoms with Crippen LogP contribution in [0.1, 0.15) is 33.6 Å². The highest BCUT2D eigenvalue weighted by Gasteiger charge is 2.34. The van der Waals surface area contributed by atoms with Gasteiger partial charge in [0.15, 0.2) is 0 Å². The summed E-state index contributed by atoms with van der Waals surface area (Å²) in [6.45, 7) is 12.1. The van der Waals surface area contributed by atoms with Crippen LogP contribution < -0.4 is 0 Å². The van der Waals surface area contributed by atoms with E-state index in [-0.39, 0.29) is 6.54 Å². The summed E-state index contributed by atoms with van der Waals surface area (Å²) in [5.74, 6) is -0.710. The van der Waals surface area contributed by atoms with Gasteiger partial charge in [0.1, 0.15) is 0 Å². The molecule has 0 aromatic heterocycles. The molecular formula is C13H26N2O2. The Morgan fingerprint density at radius 3 is 2.59 bits per heavy atom. The standard InChI is InChI=1S/C13H26N2O2/c1-4-14(5-2)8-6-13(3)7-9-15(11-13)10-12(16)17/h4-11H2,1-3H3,(H,16,17). The topological polar surface area (TPSA) is 43.8 Å². The molecule has 0 aromatic carbocycles. The van der Waals surface area contributed by atoms with Gasteiger partial charge in [-0.1, -0.05) is 20.8 Å². The van der Waals surface area contributed by atoms with E-state index in [1.165, 1.54) is 6.42 Å². The van der Waals surface area contributed by atoms with Gasteiger partial charge in [-0.15, -0.1) is 0 Å². The Hall–Kier alpha value is -0.610. The van der Waals surface area contributed by atoms with Gasteiger partial charge in [0.25, 0.3) is 0 Å². The molecule has 0 aliphatic carbocycles. The quantitative estimate of drug-likeness (QED) is 0.735. The maximum Gasteiger partial charge on any atom is 0.317 e. The Kier molecular flexibility index (Phi) is 5.40. The van der Waals surface area contributed by atoms with Crippen LogP contribution in [0.5, 0.6) is 0 Å². The van der Waals surface area contributed by atoms with Gasteiger partial charge in [0.2, 0.25) is 0 Å². The largest absolute Gasteiger partial charge is 0.480 e. The van der Waals surface area contributed by atoms with Crippen LogP contribution in [0.2, 0.25) is 0 Å². The molecule has 1 atom stereocenters. The van der Waals surface area contributed by atoms with E-state index in [1.807, 2.05) is 0 Å². The lowest BCUT2D eigenvalue weighted by atomic mass is 9.86. The highest BCUT2D eigenvalue weighted by Crippen LogP contribution is 2.33. The van der Waals surface area contributed by atoms with Crippen LogP contribution >= 0.6 is 0 Å². The zero-order valence-electron chi connectivity index (χ0n) is 11.4. The number of hydrogen-bond donors (Lipinski definition) is 1. The molecule has 17 heavy (non-hydrogen) atoms. The third-order valence-electron chi connectivity index (χ3n) is 3.92. The van der Waals surface area contributed by atoms with Gasteiger partial charge < -0.3 is 10.0 Å². The van der Waals surface area contributed by atoms with Crippen LogP contribution in [0, 0.1) is 5.41 Å². The molecule has 0 bridgehead atoms. The van der Waals surface area contributed by atoms with E-state index in [0.29, 0.717) is 5.41 Å². The van der Waals surface area contributed by atoms with Crippen molar-refractivity contribution in [1.82, 2.24) is 9.80 Å². The molecule has 1 aliphatic heterocycles. The zero-order valence-corrected chi connectivity index (χ0v) is 11.4. The van der Waals surface area contributed by atoms with Crippen LogP contribution in [0.25, 0.3) is 0 Å². The molecule has 0 spiro atoms. The monoisotopic (exact) mass is 242 g/mol. The lowest BCUT2D eigenvalue weighted by molar-refractivity contribution is -0.138. The molecule has 0 radical (unpaired) electrons. The second kappa shape index (κ2) is 6.36. The minimum Gasteiger partial charge on any atom is -0.480 e. The van der Waals surface area contributed by atoms with Crippen molar-refractivity contribution in [2.45, 2.75) is 33.6 Å². The maximum absolute atomic E-state index is 10.7. The minimum atomic E-state index is -0.710. The normalized spacial score (nSPS) is 25.6. The molecule has 1 saturated heterocycles. The molecule has 0 amide bonds. The third-order valence-corrected chi connectivity index (χ3v) is 3.92. The molecule has 4 nitrogen and oxygen atoms in total. The average molecular weight is 242 g/mol. The Labute approximate surface area is 105 Å². The number of likely N-dealkylation sites (tertiary alicyclic amines) is 1. The minimum absolute atomic E-state index is 0.195. The van der Waals surface area contributed by atoms with Gasteiger partial charge in [0, 0.05) is 6.54 Å². The number of carboxylic acids is 1. The van der Waals surface area contributed by atoms with Gasteiger partial charge in [-0.2, -0.15) is 0 Å². The zero-order chi connectivity index (χ0) is 12.9. The van der Waals surface area contributed by atoms with Crippen LogP contribution in [-0.4, -0.2) is 60.1 Å². The fraction of sp³-hybridized carbons (Fsp3) is 0.923. The van der Waals surface area contributed by atoms with E-state index in [4.69, 9.17) is 5.11 Å². The van der Waals surface area contributed by atoms with Gasteiger partial charge in [-0.25, -0.2) is 0 Å². The molecule has 100 valence electrons. The predicted molar refractivity (Wildman–Crippen MR) is 69.2 cm³/mol. The Bertz CT molecular complexity index is 254. The van der Waals surface area contributed by atoms with Gasteiger partial charge >= 0.3 is 5.97 Å². The van der Waals surface area contributed by atoms with E-state index < -0.39 is 5.97 Å². The lowest BCUT2D eigenvalue weighted by Crippen LogP contribution is -2.33. The molecule has 1 unspecified atom stereocenters. The number of rotatable bonds is 7. The number of carbonyl (C=O) groups is 1. The second-order valence-electron chi connectivity index (χ2n) is 5.44. The summed E-state index contributed by atoms with van der Waals surface area (Å²) in [4.78, 5) is 15.2. The van der Waals surface area contributed by atoms with E-state index in [2.05, 4.69) is 30.6 Å².